The largest absolute Gasteiger partial charge is 0.494 e. The molecule has 10 heteroatoms. The van der Waals surface area contributed by atoms with Gasteiger partial charge in [-0.05, 0) is 42.9 Å². The number of fused-ring (bicyclic) bond motifs is 2. The lowest BCUT2D eigenvalue weighted by Gasteiger charge is -2.24. The molecule has 2 heterocycles. The third-order valence-corrected chi connectivity index (χ3v) is 7.06. The van der Waals surface area contributed by atoms with Gasteiger partial charge < -0.3 is 19.1 Å². The molecule has 178 valence electrons. The molecule has 0 aliphatic carbocycles. The highest BCUT2D eigenvalue weighted by Gasteiger charge is 2.23. The van der Waals surface area contributed by atoms with Crippen LogP contribution in [0.4, 0.5) is 5.13 Å². The van der Waals surface area contributed by atoms with Crippen LogP contribution in [0.3, 0.4) is 0 Å². The molecule has 2 aromatic carbocycles. The van der Waals surface area contributed by atoms with Crippen molar-refractivity contribution < 1.29 is 19.0 Å². The molecule has 0 saturated heterocycles. The predicted molar refractivity (Wildman–Crippen MR) is 135 cm³/mol. The summed E-state index contributed by atoms with van der Waals surface area (Å²) in [6.45, 7) is 7.55. The van der Waals surface area contributed by atoms with E-state index in [4.69, 9.17) is 30.8 Å². The summed E-state index contributed by atoms with van der Waals surface area (Å²) < 4.78 is 17.1. The number of hydrogen-bond acceptors (Lipinski definition) is 7. The van der Waals surface area contributed by atoms with Crippen molar-refractivity contribution in [3.63, 3.8) is 0 Å². The summed E-state index contributed by atoms with van der Waals surface area (Å²) in [7, 11) is 1.60. The summed E-state index contributed by atoms with van der Waals surface area (Å²) in [5, 5.41) is 1.21. The fraction of sp³-hybridized carbons (Fsp3) is 0.391. The molecule has 0 saturated carbocycles. The first-order chi connectivity index (χ1) is 15.5. The number of likely N-dealkylation sites (N-methyl/N-ethyl adjacent to an activating group) is 1. The Hall–Kier alpha value is -2.26. The minimum atomic E-state index is -0.0369. The first-order valence-corrected chi connectivity index (χ1v) is 11.8. The highest BCUT2D eigenvalue weighted by atomic mass is 35.5. The van der Waals surface area contributed by atoms with Crippen LogP contribution in [0.2, 0.25) is 5.02 Å². The Morgan fingerprint density at radius 3 is 2.64 bits per heavy atom. The Balaban J connectivity index is 0.00000306. The molecule has 1 aromatic heterocycles. The quantitative estimate of drug-likeness (QED) is 0.401. The van der Waals surface area contributed by atoms with Crippen molar-refractivity contribution in [2.24, 2.45) is 0 Å². The van der Waals surface area contributed by atoms with Crippen molar-refractivity contribution in [1.29, 1.82) is 0 Å². The lowest BCUT2D eigenvalue weighted by molar-refractivity contribution is -0.118. The van der Waals surface area contributed by atoms with Gasteiger partial charge in [-0.2, -0.15) is 0 Å². The molecule has 0 spiro atoms. The predicted octanol–water partition coefficient (Wildman–Crippen LogP) is 5.03. The fourth-order valence-corrected chi connectivity index (χ4v) is 4.95. The number of halogens is 2. The molecular weight excluding hydrogens is 485 g/mol. The van der Waals surface area contributed by atoms with Crippen molar-refractivity contribution in [2.75, 3.05) is 45.0 Å². The van der Waals surface area contributed by atoms with Crippen molar-refractivity contribution in [1.82, 2.24) is 9.88 Å². The van der Waals surface area contributed by atoms with Gasteiger partial charge in [0.05, 0.1) is 23.3 Å². The number of ether oxygens (including phenoxy) is 3. The van der Waals surface area contributed by atoms with Gasteiger partial charge in [-0.1, -0.05) is 42.9 Å². The Morgan fingerprint density at radius 1 is 1.15 bits per heavy atom. The number of carbonyl (C=O) groups is 1. The van der Waals surface area contributed by atoms with E-state index in [9.17, 15) is 4.79 Å². The summed E-state index contributed by atoms with van der Waals surface area (Å²) in [6.07, 6.45) is 0.232. The number of amides is 1. The number of hydrogen-bond donors (Lipinski definition) is 0. The van der Waals surface area contributed by atoms with Crippen LogP contribution in [-0.2, 0) is 11.2 Å². The van der Waals surface area contributed by atoms with Crippen molar-refractivity contribution in [2.45, 2.75) is 20.3 Å². The lowest BCUT2D eigenvalue weighted by Crippen LogP contribution is -2.39. The van der Waals surface area contributed by atoms with E-state index < -0.39 is 0 Å². The molecule has 7 nitrogen and oxygen atoms in total. The van der Waals surface area contributed by atoms with E-state index >= 15 is 0 Å². The number of carbonyl (C=O) groups excluding carboxylic acids is 1. The van der Waals surface area contributed by atoms with Gasteiger partial charge in [0.25, 0.3) is 0 Å². The van der Waals surface area contributed by atoms with Gasteiger partial charge >= 0.3 is 0 Å². The summed E-state index contributed by atoms with van der Waals surface area (Å²) >= 11 is 7.82. The average Bonchev–Trinajstić information content (AvgIpc) is 3.44. The molecule has 1 aliphatic heterocycles. The van der Waals surface area contributed by atoms with Crippen LogP contribution >= 0.6 is 35.3 Å². The minimum Gasteiger partial charge on any atom is -0.494 e. The maximum absolute atomic E-state index is 13.5. The third kappa shape index (κ3) is 5.46. The van der Waals surface area contributed by atoms with Crippen LogP contribution in [0, 0.1) is 0 Å². The molecule has 0 radical (unpaired) electrons. The number of nitrogens with zero attached hydrogens (tertiary/aromatic N) is 3. The number of benzene rings is 2. The van der Waals surface area contributed by atoms with E-state index in [0.717, 1.165) is 29.9 Å². The molecule has 0 bridgehead atoms. The Kier molecular flexibility index (Phi) is 8.64. The van der Waals surface area contributed by atoms with Gasteiger partial charge in [0.15, 0.2) is 16.6 Å². The van der Waals surface area contributed by atoms with E-state index in [1.54, 1.807) is 24.1 Å². The number of anilines is 1. The van der Waals surface area contributed by atoms with Gasteiger partial charge in [-0.25, -0.2) is 4.98 Å². The topological polar surface area (TPSA) is 64.1 Å². The van der Waals surface area contributed by atoms with Crippen LogP contribution < -0.4 is 19.1 Å². The Morgan fingerprint density at radius 2 is 1.91 bits per heavy atom. The van der Waals surface area contributed by atoms with Crippen molar-refractivity contribution in [3.8, 4) is 17.2 Å². The fourth-order valence-electron chi connectivity index (χ4n) is 3.65. The van der Waals surface area contributed by atoms with Crippen LogP contribution in [0.25, 0.3) is 10.2 Å². The standard InChI is InChI=1S/C23H26ClN3O4S.ClH/c1-4-26(5-2)10-11-27(20(28)13-15-6-8-17-19(12-15)31-14-30-17)23-25-21-18(29-3)9-7-16(24)22(21)32-23;/h6-9,12H,4-5,10-11,13-14H2,1-3H3;1H. The molecule has 0 fully saturated rings. The maximum Gasteiger partial charge on any atom is 0.233 e. The maximum atomic E-state index is 13.5. The van der Waals surface area contributed by atoms with Crippen molar-refractivity contribution in [3.05, 3.63) is 40.9 Å². The van der Waals surface area contributed by atoms with Crippen LogP contribution in [0.15, 0.2) is 30.3 Å². The molecular formula is C23H27Cl2N3O4S. The summed E-state index contributed by atoms with van der Waals surface area (Å²) in [5.74, 6) is 1.97. The van der Waals surface area contributed by atoms with Gasteiger partial charge in [-0.15, -0.1) is 12.4 Å². The van der Waals surface area contributed by atoms with E-state index in [0.29, 0.717) is 39.5 Å². The highest BCUT2D eigenvalue weighted by Crippen LogP contribution is 2.39. The molecule has 0 N–H and O–H groups in total. The first kappa shape index (κ1) is 25.4. The van der Waals surface area contributed by atoms with Crippen molar-refractivity contribution >= 4 is 56.6 Å². The monoisotopic (exact) mass is 511 g/mol. The van der Waals surface area contributed by atoms with Gasteiger partial charge in [0.2, 0.25) is 12.7 Å². The summed E-state index contributed by atoms with van der Waals surface area (Å²) in [5.41, 5.74) is 1.53. The second kappa shape index (κ2) is 11.2. The van der Waals surface area contributed by atoms with E-state index in [1.807, 2.05) is 18.2 Å². The Bertz CT molecular complexity index is 1120. The normalized spacial score (nSPS) is 12.2. The zero-order valence-corrected chi connectivity index (χ0v) is 21.2. The minimum absolute atomic E-state index is 0. The summed E-state index contributed by atoms with van der Waals surface area (Å²) in [4.78, 5) is 22.2. The number of methoxy groups -OCH3 is 1. The second-order valence-corrected chi connectivity index (χ2v) is 8.75. The first-order valence-electron chi connectivity index (χ1n) is 10.6. The van der Waals surface area contributed by atoms with Gasteiger partial charge in [0, 0.05) is 13.1 Å². The van der Waals surface area contributed by atoms with Crippen LogP contribution in [0.1, 0.15) is 19.4 Å². The van der Waals surface area contributed by atoms with Gasteiger partial charge in [0.1, 0.15) is 11.3 Å². The SMILES string of the molecule is CCN(CC)CCN(C(=O)Cc1ccc2c(c1)OCO2)c1nc2c(OC)ccc(Cl)c2s1.Cl. The Labute approximate surface area is 208 Å². The molecule has 3 aromatic rings. The van der Waals surface area contributed by atoms with E-state index in [-0.39, 0.29) is 31.5 Å². The zero-order chi connectivity index (χ0) is 22.7. The lowest BCUT2D eigenvalue weighted by atomic mass is 10.1. The van der Waals surface area contributed by atoms with E-state index in [2.05, 4.69) is 18.7 Å². The smallest absolute Gasteiger partial charge is 0.233 e. The number of thiazole rings is 1. The summed E-state index contributed by atoms with van der Waals surface area (Å²) in [6, 6.07) is 9.18. The number of aromatic nitrogens is 1. The average molecular weight is 512 g/mol. The molecule has 33 heavy (non-hydrogen) atoms. The second-order valence-electron chi connectivity index (χ2n) is 7.36. The van der Waals surface area contributed by atoms with Gasteiger partial charge in [-0.3, -0.25) is 9.69 Å². The third-order valence-electron chi connectivity index (χ3n) is 5.53. The highest BCUT2D eigenvalue weighted by molar-refractivity contribution is 7.23. The molecule has 1 aliphatic rings. The number of rotatable bonds is 9. The molecule has 4 rings (SSSR count). The molecule has 1 amide bonds. The zero-order valence-electron chi connectivity index (χ0n) is 18.8. The molecule has 0 atom stereocenters. The molecule has 0 unspecified atom stereocenters. The van der Waals surface area contributed by atoms with Crippen LogP contribution in [-0.4, -0.2) is 55.9 Å². The van der Waals surface area contributed by atoms with Crippen LogP contribution in [0.5, 0.6) is 17.2 Å². The van der Waals surface area contributed by atoms with E-state index in [1.165, 1.54) is 11.3 Å².